The number of nitrogens with one attached hydrogen (secondary N) is 1. The smallest absolute Gasteiger partial charge is 0.221 e. The van der Waals surface area contributed by atoms with E-state index in [9.17, 15) is 13.2 Å². The first-order valence-electron chi connectivity index (χ1n) is 11.8. The molecule has 1 fully saturated rings. The van der Waals surface area contributed by atoms with E-state index < -0.39 is 15.1 Å². The van der Waals surface area contributed by atoms with E-state index in [2.05, 4.69) is 21.3 Å². The molecule has 2 heterocycles. The van der Waals surface area contributed by atoms with Crippen molar-refractivity contribution in [3.8, 4) is 11.1 Å². The van der Waals surface area contributed by atoms with Crippen molar-refractivity contribution in [3.05, 3.63) is 77.6 Å². The standard InChI is InChI=1S/C27H30ClN3O3S/c1-19-17-25(11-14-29-19)31-15-12-24(13-16-31)30-27(32)18-20(2)35(33,34)26-9-5-22(6-10-26)21-3-7-23(28)8-4-21/h3-11,14,17,20,24H,12-13,15-16,18H2,1-2H3,(H,30,32). The third-order valence-electron chi connectivity index (χ3n) is 6.47. The van der Waals surface area contributed by atoms with Gasteiger partial charge in [-0.3, -0.25) is 9.78 Å². The second-order valence-electron chi connectivity index (χ2n) is 9.08. The monoisotopic (exact) mass is 511 g/mol. The van der Waals surface area contributed by atoms with Crippen molar-refractivity contribution >= 4 is 33.0 Å². The minimum absolute atomic E-state index is 0.0512. The van der Waals surface area contributed by atoms with Crippen LogP contribution in [0.15, 0.2) is 71.8 Å². The molecule has 1 atom stereocenters. The molecule has 3 aromatic rings. The van der Waals surface area contributed by atoms with Gasteiger partial charge in [0.05, 0.1) is 10.1 Å². The number of benzene rings is 2. The fourth-order valence-electron chi connectivity index (χ4n) is 4.38. The SMILES string of the molecule is Cc1cc(N2CCC(NC(=O)CC(C)S(=O)(=O)c3ccc(-c4ccc(Cl)cc4)cc3)CC2)ccn1. The number of aromatic nitrogens is 1. The Morgan fingerprint density at radius 3 is 2.26 bits per heavy atom. The molecule has 1 aliphatic rings. The summed E-state index contributed by atoms with van der Waals surface area (Å²) in [7, 11) is -3.63. The van der Waals surface area contributed by atoms with E-state index in [1.165, 1.54) is 0 Å². The summed E-state index contributed by atoms with van der Waals surface area (Å²) in [5.41, 5.74) is 3.98. The quantitative estimate of drug-likeness (QED) is 0.480. The van der Waals surface area contributed by atoms with E-state index in [1.807, 2.05) is 31.3 Å². The molecule has 0 bridgehead atoms. The van der Waals surface area contributed by atoms with Gasteiger partial charge in [0, 0.05) is 48.2 Å². The summed E-state index contributed by atoms with van der Waals surface area (Å²) in [6.45, 7) is 5.24. The van der Waals surface area contributed by atoms with E-state index in [1.54, 1.807) is 43.3 Å². The maximum Gasteiger partial charge on any atom is 0.221 e. The lowest BCUT2D eigenvalue weighted by Gasteiger charge is -2.34. The van der Waals surface area contributed by atoms with Crippen LogP contribution < -0.4 is 10.2 Å². The van der Waals surface area contributed by atoms with Gasteiger partial charge in [-0.25, -0.2) is 8.42 Å². The summed E-state index contributed by atoms with van der Waals surface area (Å²) in [6.07, 6.45) is 3.39. The van der Waals surface area contributed by atoms with Crippen molar-refractivity contribution in [1.82, 2.24) is 10.3 Å². The number of carbonyl (C=O) groups is 1. The number of halogens is 1. The Balaban J connectivity index is 1.31. The maximum atomic E-state index is 13.1. The summed E-state index contributed by atoms with van der Waals surface area (Å²) < 4.78 is 26.1. The first-order valence-corrected chi connectivity index (χ1v) is 13.7. The lowest BCUT2D eigenvalue weighted by molar-refractivity contribution is -0.121. The molecule has 1 aliphatic heterocycles. The number of aryl methyl sites for hydroxylation is 1. The number of hydrogen-bond acceptors (Lipinski definition) is 5. The highest BCUT2D eigenvalue weighted by molar-refractivity contribution is 7.92. The van der Waals surface area contributed by atoms with Gasteiger partial charge in [-0.05, 0) is 74.2 Å². The number of hydrogen-bond donors (Lipinski definition) is 1. The largest absolute Gasteiger partial charge is 0.371 e. The Kier molecular flexibility index (Phi) is 7.77. The first kappa shape index (κ1) is 25.2. The topological polar surface area (TPSA) is 79.4 Å². The molecule has 0 saturated carbocycles. The van der Waals surface area contributed by atoms with Crippen molar-refractivity contribution in [2.24, 2.45) is 0 Å². The molecule has 6 nitrogen and oxygen atoms in total. The summed E-state index contributed by atoms with van der Waals surface area (Å²) in [5, 5.41) is 2.87. The van der Waals surface area contributed by atoms with Crippen LogP contribution in [-0.4, -0.2) is 43.7 Å². The van der Waals surface area contributed by atoms with Crippen molar-refractivity contribution in [3.63, 3.8) is 0 Å². The van der Waals surface area contributed by atoms with E-state index in [4.69, 9.17) is 11.6 Å². The maximum absolute atomic E-state index is 13.1. The highest BCUT2D eigenvalue weighted by atomic mass is 35.5. The molecule has 0 aliphatic carbocycles. The van der Waals surface area contributed by atoms with Crippen molar-refractivity contribution in [2.75, 3.05) is 18.0 Å². The minimum atomic E-state index is -3.63. The fraction of sp³-hybridized carbons (Fsp3) is 0.333. The number of anilines is 1. The number of sulfone groups is 1. The van der Waals surface area contributed by atoms with Gasteiger partial charge in [-0.15, -0.1) is 0 Å². The Labute approximate surface area is 212 Å². The zero-order chi connectivity index (χ0) is 25.0. The Morgan fingerprint density at radius 1 is 1.06 bits per heavy atom. The van der Waals surface area contributed by atoms with Gasteiger partial charge < -0.3 is 10.2 Å². The molecule has 0 spiro atoms. The highest BCUT2D eigenvalue weighted by Crippen LogP contribution is 2.25. The normalized spacial score (nSPS) is 15.6. The molecule has 184 valence electrons. The van der Waals surface area contributed by atoms with Gasteiger partial charge >= 0.3 is 0 Å². The average Bonchev–Trinajstić information content (AvgIpc) is 2.85. The summed E-state index contributed by atoms with van der Waals surface area (Å²) in [6, 6.07) is 18.3. The molecule has 1 aromatic heterocycles. The lowest BCUT2D eigenvalue weighted by atomic mass is 10.0. The number of amides is 1. The van der Waals surface area contributed by atoms with E-state index >= 15 is 0 Å². The third kappa shape index (κ3) is 6.21. The van der Waals surface area contributed by atoms with Crippen molar-refractivity contribution in [2.45, 2.75) is 49.3 Å². The molecule has 1 saturated heterocycles. The molecule has 4 rings (SSSR count). The molecule has 2 aromatic carbocycles. The summed E-state index contributed by atoms with van der Waals surface area (Å²) >= 11 is 5.94. The van der Waals surface area contributed by atoms with Gasteiger partial charge in [0.25, 0.3) is 0 Å². The molecule has 0 radical (unpaired) electrons. The van der Waals surface area contributed by atoms with Crippen LogP contribution in [0.5, 0.6) is 0 Å². The van der Waals surface area contributed by atoms with Gasteiger partial charge in [0.2, 0.25) is 5.91 Å². The third-order valence-corrected chi connectivity index (χ3v) is 8.88. The van der Waals surface area contributed by atoms with E-state index in [0.29, 0.717) is 5.02 Å². The highest BCUT2D eigenvalue weighted by Gasteiger charge is 2.27. The van der Waals surface area contributed by atoms with Crippen LogP contribution in [0.25, 0.3) is 11.1 Å². The first-order chi connectivity index (χ1) is 16.7. The van der Waals surface area contributed by atoms with Gasteiger partial charge in [-0.2, -0.15) is 0 Å². The van der Waals surface area contributed by atoms with Crippen LogP contribution in [0, 0.1) is 6.92 Å². The average molecular weight is 512 g/mol. The summed E-state index contributed by atoms with van der Waals surface area (Å²) in [4.78, 5) is 19.4. The number of pyridine rings is 1. The molecular weight excluding hydrogens is 482 g/mol. The molecule has 8 heteroatoms. The summed E-state index contributed by atoms with van der Waals surface area (Å²) in [5.74, 6) is -0.225. The fourth-order valence-corrected chi connectivity index (χ4v) is 5.86. The zero-order valence-corrected chi connectivity index (χ0v) is 21.5. The van der Waals surface area contributed by atoms with Crippen LogP contribution >= 0.6 is 11.6 Å². The van der Waals surface area contributed by atoms with Gasteiger partial charge in [-0.1, -0.05) is 35.9 Å². The molecule has 1 amide bonds. The Morgan fingerprint density at radius 2 is 1.66 bits per heavy atom. The van der Waals surface area contributed by atoms with Gasteiger partial charge in [0.1, 0.15) is 0 Å². The zero-order valence-electron chi connectivity index (χ0n) is 19.9. The second kappa shape index (κ2) is 10.8. The number of rotatable bonds is 7. The Hall–Kier alpha value is -2.90. The van der Waals surface area contributed by atoms with Gasteiger partial charge in [0.15, 0.2) is 9.84 Å². The molecular formula is C27H30ClN3O3S. The second-order valence-corrected chi connectivity index (χ2v) is 11.9. The van der Waals surface area contributed by atoms with E-state index in [-0.39, 0.29) is 23.3 Å². The van der Waals surface area contributed by atoms with Crippen molar-refractivity contribution < 1.29 is 13.2 Å². The van der Waals surface area contributed by atoms with Crippen LogP contribution in [0.1, 0.15) is 31.9 Å². The molecule has 1 N–H and O–H groups in total. The van der Waals surface area contributed by atoms with Crippen molar-refractivity contribution in [1.29, 1.82) is 0 Å². The van der Waals surface area contributed by atoms with Crippen LogP contribution in [-0.2, 0) is 14.6 Å². The van der Waals surface area contributed by atoms with E-state index in [0.717, 1.165) is 48.4 Å². The van der Waals surface area contributed by atoms with Crippen LogP contribution in [0.4, 0.5) is 5.69 Å². The predicted octanol–water partition coefficient (Wildman–Crippen LogP) is 5.05. The lowest BCUT2D eigenvalue weighted by Crippen LogP contribution is -2.45. The predicted molar refractivity (Wildman–Crippen MR) is 141 cm³/mol. The van der Waals surface area contributed by atoms with Crippen LogP contribution in [0.3, 0.4) is 0 Å². The minimum Gasteiger partial charge on any atom is -0.371 e. The Bertz CT molecular complexity index is 1270. The number of piperidine rings is 1. The molecule has 1 unspecified atom stereocenters. The number of carbonyl (C=O) groups excluding carboxylic acids is 1. The van der Waals surface area contributed by atoms with Crippen LogP contribution in [0.2, 0.25) is 5.02 Å². The molecule has 35 heavy (non-hydrogen) atoms. The number of nitrogens with zero attached hydrogens (tertiary/aromatic N) is 2.